The van der Waals surface area contributed by atoms with Gasteiger partial charge in [-0.2, -0.15) is 5.10 Å². The van der Waals surface area contributed by atoms with Gasteiger partial charge in [0.2, 0.25) is 0 Å². The standard InChI is InChI=1S/C23H26N4O3/c1-14-17-7-3-4-9-19(17)30-21(14)23(29)26-12-10-16(26)13-24-22(28)20-15(2)25-27-11-6-5-8-18(20)27/h3-4,7,9,16H,5-6,8,10-13H2,1-2H3,(H,24,28). The predicted octanol–water partition coefficient (Wildman–Crippen LogP) is 3.23. The predicted molar refractivity (Wildman–Crippen MR) is 113 cm³/mol. The number of hydrogen-bond acceptors (Lipinski definition) is 4. The molecule has 0 spiro atoms. The molecule has 2 aliphatic rings. The lowest BCUT2D eigenvalue weighted by Crippen LogP contribution is -2.56. The maximum absolute atomic E-state index is 13.1. The van der Waals surface area contributed by atoms with Gasteiger partial charge >= 0.3 is 0 Å². The molecule has 156 valence electrons. The summed E-state index contributed by atoms with van der Waals surface area (Å²) in [4.78, 5) is 27.7. The maximum atomic E-state index is 13.1. The average Bonchev–Trinajstić information content (AvgIpc) is 3.23. The number of hydrogen-bond donors (Lipinski definition) is 1. The molecule has 5 rings (SSSR count). The number of nitrogens with zero attached hydrogens (tertiary/aromatic N) is 3. The van der Waals surface area contributed by atoms with Crippen molar-refractivity contribution in [1.82, 2.24) is 20.0 Å². The summed E-state index contributed by atoms with van der Waals surface area (Å²) in [5.74, 6) is 0.205. The average molecular weight is 406 g/mol. The zero-order valence-corrected chi connectivity index (χ0v) is 17.4. The van der Waals surface area contributed by atoms with Crippen molar-refractivity contribution >= 4 is 22.8 Å². The van der Waals surface area contributed by atoms with Crippen molar-refractivity contribution in [2.75, 3.05) is 13.1 Å². The minimum absolute atomic E-state index is 0.0132. The second kappa shape index (κ2) is 7.31. The van der Waals surface area contributed by atoms with E-state index in [2.05, 4.69) is 10.4 Å². The molecular formula is C23H26N4O3. The number of benzene rings is 1. The number of aryl methyl sites for hydroxylation is 3. The van der Waals surface area contributed by atoms with Crippen LogP contribution in [0.3, 0.4) is 0 Å². The van der Waals surface area contributed by atoms with Crippen molar-refractivity contribution in [3.05, 3.63) is 52.5 Å². The summed E-state index contributed by atoms with van der Waals surface area (Å²) in [5, 5.41) is 8.53. The Morgan fingerprint density at radius 2 is 2.03 bits per heavy atom. The van der Waals surface area contributed by atoms with Gasteiger partial charge < -0.3 is 14.6 Å². The van der Waals surface area contributed by atoms with Crippen LogP contribution in [-0.4, -0.2) is 45.6 Å². The summed E-state index contributed by atoms with van der Waals surface area (Å²) in [7, 11) is 0. The number of carbonyl (C=O) groups is 2. The van der Waals surface area contributed by atoms with E-state index in [1.54, 1.807) is 4.90 Å². The highest BCUT2D eigenvalue weighted by Crippen LogP contribution is 2.29. The number of amides is 2. The Kier molecular flexibility index (Phi) is 4.60. The Bertz CT molecular complexity index is 1140. The van der Waals surface area contributed by atoms with Crippen LogP contribution < -0.4 is 5.32 Å². The largest absolute Gasteiger partial charge is 0.451 e. The number of nitrogens with one attached hydrogen (secondary N) is 1. The molecule has 2 amide bonds. The Hall–Kier alpha value is -3.09. The number of furan rings is 1. The molecular weight excluding hydrogens is 380 g/mol. The fourth-order valence-electron chi connectivity index (χ4n) is 4.65. The fraction of sp³-hybridized carbons (Fsp3) is 0.435. The second-order valence-corrected chi connectivity index (χ2v) is 8.29. The molecule has 0 aliphatic carbocycles. The molecule has 3 aromatic rings. The van der Waals surface area contributed by atoms with Crippen molar-refractivity contribution < 1.29 is 14.0 Å². The molecule has 2 aliphatic heterocycles. The normalized spacial score (nSPS) is 18.2. The first kappa shape index (κ1) is 18.9. The zero-order valence-electron chi connectivity index (χ0n) is 17.4. The summed E-state index contributed by atoms with van der Waals surface area (Å²) in [6.45, 7) is 5.81. The molecule has 1 fully saturated rings. The zero-order chi connectivity index (χ0) is 20.8. The van der Waals surface area contributed by atoms with Gasteiger partial charge in [-0.25, -0.2) is 0 Å². The first-order valence-corrected chi connectivity index (χ1v) is 10.7. The quantitative estimate of drug-likeness (QED) is 0.721. The van der Waals surface area contributed by atoms with Crippen LogP contribution in [0.4, 0.5) is 0 Å². The molecule has 0 saturated carbocycles. The van der Waals surface area contributed by atoms with Gasteiger partial charge in [-0.05, 0) is 45.6 Å². The van der Waals surface area contributed by atoms with Gasteiger partial charge in [-0.3, -0.25) is 14.3 Å². The molecule has 1 atom stereocenters. The molecule has 7 heteroatoms. The van der Waals surface area contributed by atoms with E-state index in [1.165, 1.54) is 0 Å². The van der Waals surface area contributed by atoms with Gasteiger partial charge in [0.05, 0.1) is 23.0 Å². The van der Waals surface area contributed by atoms with Crippen LogP contribution in [0.5, 0.6) is 0 Å². The molecule has 2 aromatic heterocycles. The topological polar surface area (TPSA) is 80.4 Å². The number of carbonyl (C=O) groups excluding carboxylic acids is 2. The van der Waals surface area contributed by atoms with Gasteiger partial charge in [-0.1, -0.05) is 18.2 Å². The van der Waals surface area contributed by atoms with Crippen molar-refractivity contribution in [3.8, 4) is 0 Å². The smallest absolute Gasteiger partial charge is 0.290 e. The molecule has 1 aromatic carbocycles. The molecule has 1 saturated heterocycles. The summed E-state index contributed by atoms with van der Waals surface area (Å²) < 4.78 is 7.81. The van der Waals surface area contributed by atoms with E-state index in [1.807, 2.05) is 42.8 Å². The van der Waals surface area contributed by atoms with Crippen LogP contribution in [0.2, 0.25) is 0 Å². The molecule has 4 heterocycles. The van der Waals surface area contributed by atoms with Gasteiger partial charge in [0, 0.05) is 30.6 Å². The van der Waals surface area contributed by atoms with E-state index < -0.39 is 0 Å². The van der Waals surface area contributed by atoms with Crippen LogP contribution in [0.15, 0.2) is 28.7 Å². The van der Waals surface area contributed by atoms with E-state index in [-0.39, 0.29) is 17.9 Å². The van der Waals surface area contributed by atoms with Gasteiger partial charge in [0.15, 0.2) is 5.76 Å². The first-order valence-electron chi connectivity index (χ1n) is 10.7. The first-order chi connectivity index (χ1) is 14.5. The van der Waals surface area contributed by atoms with Crippen LogP contribution in [0, 0.1) is 13.8 Å². The Labute approximate surface area is 175 Å². The molecule has 1 unspecified atom stereocenters. The third-order valence-corrected chi connectivity index (χ3v) is 6.43. The summed E-state index contributed by atoms with van der Waals surface area (Å²) >= 11 is 0. The van der Waals surface area contributed by atoms with E-state index in [0.717, 1.165) is 60.1 Å². The SMILES string of the molecule is Cc1nn2c(c1C(=O)NCC1CCN1C(=O)c1oc3ccccc3c1C)CCCC2. The van der Waals surface area contributed by atoms with Crippen molar-refractivity contribution in [2.45, 2.75) is 52.1 Å². The summed E-state index contributed by atoms with van der Waals surface area (Å²) in [5.41, 5.74) is 4.12. The second-order valence-electron chi connectivity index (χ2n) is 8.29. The molecule has 0 radical (unpaired) electrons. The number of aromatic nitrogens is 2. The lowest BCUT2D eigenvalue weighted by atomic mass is 10.0. The van der Waals surface area contributed by atoms with E-state index in [0.29, 0.717) is 24.4 Å². The van der Waals surface area contributed by atoms with Gasteiger partial charge in [0.25, 0.3) is 11.8 Å². The number of rotatable bonds is 4. The number of fused-ring (bicyclic) bond motifs is 2. The van der Waals surface area contributed by atoms with E-state index in [9.17, 15) is 9.59 Å². The maximum Gasteiger partial charge on any atom is 0.290 e. The van der Waals surface area contributed by atoms with Crippen molar-refractivity contribution in [1.29, 1.82) is 0 Å². The number of para-hydroxylation sites is 1. The highest BCUT2D eigenvalue weighted by molar-refractivity contribution is 5.99. The lowest BCUT2D eigenvalue weighted by Gasteiger charge is -2.40. The van der Waals surface area contributed by atoms with Crippen LogP contribution in [0.1, 0.15) is 57.1 Å². The monoisotopic (exact) mass is 406 g/mol. The van der Waals surface area contributed by atoms with Crippen LogP contribution >= 0.6 is 0 Å². The van der Waals surface area contributed by atoms with Gasteiger partial charge in [0.1, 0.15) is 5.58 Å². The van der Waals surface area contributed by atoms with Crippen molar-refractivity contribution in [3.63, 3.8) is 0 Å². The highest BCUT2D eigenvalue weighted by Gasteiger charge is 2.36. The Balaban J connectivity index is 1.28. The van der Waals surface area contributed by atoms with Gasteiger partial charge in [-0.15, -0.1) is 0 Å². The summed E-state index contributed by atoms with van der Waals surface area (Å²) in [6.07, 6.45) is 3.96. The third kappa shape index (κ3) is 3.00. The fourth-order valence-corrected chi connectivity index (χ4v) is 4.65. The minimum atomic E-state index is -0.103. The molecule has 1 N–H and O–H groups in total. The third-order valence-electron chi connectivity index (χ3n) is 6.43. The Morgan fingerprint density at radius 3 is 2.80 bits per heavy atom. The molecule has 30 heavy (non-hydrogen) atoms. The van der Waals surface area contributed by atoms with Crippen molar-refractivity contribution in [2.24, 2.45) is 0 Å². The lowest BCUT2D eigenvalue weighted by molar-refractivity contribution is 0.0426. The highest BCUT2D eigenvalue weighted by atomic mass is 16.3. The minimum Gasteiger partial charge on any atom is -0.451 e. The van der Waals surface area contributed by atoms with Crippen LogP contribution in [0.25, 0.3) is 11.0 Å². The number of likely N-dealkylation sites (tertiary alicyclic amines) is 1. The van der Waals surface area contributed by atoms with E-state index in [4.69, 9.17) is 4.42 Å². The Morgan fingerprint density at radius 1 is 1.20 bits per heavy atom. The molecule has 0 bridgehead atoms. The van der Waals surface area contributed by atoms with E-state index >= 15 is 0 Å². The molecule has 7 nitrogen and oxygen atoms in total. The summed E-state index contributed by atoms with van der Waals surface area (Å²) in [6, 6.07) is 7.67. The van der Waals surface area contributed by atoms with Crippen LogP contribution in [-0.2, 0) is 13.0 Å².